The Morgan fingerprint density at radius 1 is 1.06 bits per heavy atom. The van der Waals surface area contributed by atoms with Gasteiger partial charge in [-0.15, -0.1) is 10.2 Å². The predicted molar refractivity (Wildman–Crippen MR) is 127 cm³/mol. The van der Waals surface area contributed by atoms with Crippen LogP contribution in [0.4, 0.5) is 11.9 Å². The Balaban J connectivity index is 1.35. The number of benzene rings is 1. The van der Waals surface area contributed by atoms with Crippen molar-refractivity contribution in [1.82, 2.24) is 29.5 Å². The lowest BCUT2D eigenvalue weighted by atomic mass is 9.90. The third kappa shape index (κ3) is 5.29. The fourth-order valence-corrected chi connectivity index (χ4v) is 4.78. The van der Waals surface area contributed by atoms with E-state index in [1.807, 2.05) is 18.7 Å². The highest BCUT2D eigenvalue weighted by molar-refractivity contribution is 7.99. The zero-order valence-electron chi connectivity index (χ0n) is 18.6. The third-order valence-electron chi connectivity index (χ3n) is 5.57. The molecule has 170 valence electrons. The molecule has 10 heteroatoms. The third-order valence-corrected chi connectivity index (χ3v) is 6.49. The van der Waals surface area contributed by atoms with E-state index >= 15 is 0 Å². The number of amides is 1. The number of nitrogens with zero attached hydrogens (tertiary/aromatic N) is 6. The van der Waals surface area contributed by atoms with Gasteiger partial charge in [-0.3, -0.25) is 4.79 Å². The van der Waals surface area contributed by atoms with Gasteiger partial charge in [-0.25, -0.2) is 4.40 Å². The summed E-state index contributed by atoms with van der Waals surface area (Å²) in [6, 6.07) is 10.6. The van der Waals surface area contributed by atoms with Gasteiger partial charge in [0.25, 0.3) is 5.78 Å². The number of hydrogen-bond acceptors (Lipinski definition) is 8. The van der Waals surface area contributed by atoms with Crippen molar-refractivity contribution in [2.24, 2.45) is 5.92 Å². The van der Waals surface area contributed by atoms with E-state index in [1.165, 1.54) is 17.3 Å². The predicted octanol–water partition coefficient (Wildman–Crippen LogP) is 2.96. The molecule has 1 fully saturated rings. The highest BCUT2D eigenvalue weighted by atomic mass is 32.2. The van der Waals surface area contributed by atoms with Crippen LogP contribution in [0.3, 0.4) is 0 Å². The number of fused-ring (bicyclic) bond motifs is 1. The summed E-state index contributed by atoms with van der Waals surface area (Å²) >= 11 is 1.38. The van der Waals surface area contributed by atoms with Crippen molar-refractivity contribution in [1.29, 1.82) is 0 Å². The Labute approximate surface area is 192 Å². The SMILES string of the molecule is CCNc1nc(NCC)n2c(SCC(=O)N3CCC(Cc4ccccc4)CC3)nnc2n1. The van der Waals surface area contributed by atoms with E-state index in [0.29, 0.717) is 47.6 Å². The van der Waals surface area contributed by atoms with Gasteiger partial charge < -0.3 is 15.5 Å². The summed E-state index contributed by atoms with van der Waals surface area (Å²) in [7, 11) is 0. The lowest BCUT2D eigenvalue weighted by Gasteiger charge is -2.32. The number of carbonyl (C=O) groups is 1. The molecule has 32 heavy (non-hydrogen) atoms. The molecule has 0 saturated carbocycles. The number of rotatable bonds is 9. The quantitative estimate of drug-likeness (QED) is 0.476. The lowest BCUT2D eigenvalue weighted by Crippen LogP contribution is -2.39. The molecule has 0 atom stereocenters. The zero-order chi connectivity index (χ0) is 22.3. The van der Waals surface area contributed by atoms with Crippen molar-refractivity contribution in [3.8, 4) is 0 Å². The Hall–Kier alpha value is -2.88. The van der Waals surface area contributed by atoms with Crippen LogP contribution in [0.5, 0.6) is 0 Å². The first-order chi connectivity index (χ1) is 15.7. The molecule has 4 rings (SSSR count). The van der Waals surface area contributed by atoms with E-state index in [4.69, 9.17) is 0 Å². The van der Waals surface area contributed by atoms with E-state index in [1.54, 1.807) is 4.40 Å². The van der Waals surface area contributed by atoms with Gasteiger partial charge in [-0.2, -0.15) is 9.97 Å². The average Bonchev–Trinajstić information content (AvgIpc) is 3.22. The summed E-state index contributed by atoms with van der Waals surface area (Å²) in [6.07, 6.45) is 3.18. The molecule has 3 aromatic rings. The second-order valence-corrected chi connectivity index (χ2v) is 8.79. The maximum atomic E-state index is 12.8. The maximum absolute atomic E-state index is 12.8. The van der Waals surface area contributed by atoms with Gasteiger partial charge in [0.15, 0.2) is 5.16 Å². The van der Waals surface area contributed by atoms with Crippen LogP contribution in [0.25, 0.3) is 5.78 Å². The van der Waals surface area contributed by atoms with Crippen LogP contribution in [-0.4, -0.2) is 67.3 Å². The lowest BCUT2D eigenvalue weighted by molar-refractivity contribution is -0.129. The van der Waals surface area contributed by atoms with E-state index in [9.17, 15) is 4.79 Å². The van der Waals surface area contributed by atoms with E-state index in [0.717, 1.165) is 32.4 Å². The van der Waals surface area contributed by atoms with Crippen LogP contribution in [0.1, 0.15) is 32.3 Å². The van der Waals surface area contributed by atoms with Crippen LogP contribution in [0, 0.1) is 5.92 Å². The Morgan fingerprint density at radius 3 is 2.53 bits per heavy atom. The molecule has 0 aliphatic carbocycles. The molecule has 1 saturated heterocycles. The minimum atomic E-state index is 0.139. The van der Waals surface area contributed by atoms with Crippen molar-refractivity contribution in [3.63, 3.8) is 0 Å². The van der Waals surface area contributed by atoms with Gasteiger partial charge in [0, 0.05) is 26.2 Å². The highest BCUT2D eigenvalue weighted by Crippen LogP contribution is 2.24. The van der Waals surface area contributed by atoms with Gasteiger partial charge in [0.2, 0.25) is 17.8 Å². The first kappa shape index (κ1) is 22.3. The van der Waals surface area contributed by atoms with Gasteiger partial charge >= 0.3 is 0 Å². The molecular weight excluding hydrogens is 424 g/mol. The number of likely N-dealkylation sites (tertiary alicyclic amines) is 1. The molecule has 0 spiro atoms. The summed E-state index contributed by atoms with van der Waals surface area (Å²) in [5.74, 6) is 2.69. The smallest absolute Gasteiger partial charge is 0.261 e. The fourth-order valence-electron chi connectivity index (χ4n) is 3.95. The molecule has 2 aromatic heterocycles. The molecule has 1 aliphatic heterocycles. The van der Waals surface area contributed by atoms with Gasteiger partial charge in [0.05, 0.1) is 5.75 Å². The summed E-state index contributed by atoms with van der Waals surface area (Å²) in [4.78, 5) is 23.7. The number of piperidine rings is 1. The molecule has 2 N–H and O–H groups in total. The van der Waals surface area contributed by atoms with Gasteiger partial charge in [-0.1, -0.05) is 42.1 Å². The van der Waals surface area contributed by atoms with Crippen LogP contribution in [-0.2, 0) is 11.2 Å². The molecule has 1 aliphatic rings. The first-order valence-electron chi connectivity index (χ1n) is 11.2. The first-order valence-corrected chi connectivity index (χ1v) is 12.2. The molecule has 9 nitrogen and oxygen atoms in total. The van der Waals surface area contributed by atoms with Crippen LogP contribution in [0.2, 0.25) is 0 Å². The van der Waals surface area contributed by atoms with Crippen LogP contribution >= 0.6 is 11.8 Å². The topological polar surface area (TPSA) is 100 Å². The number of carbonyl (C=O) groups excluding carboxylic acids is 1. The van der Waals surface area contributed by atoms with Crippen molar-refractivity contribution < 1.29 is 4.79 Å². The molecule has 3 heterocycles. The number of thioether (sulfide) groups is 1. The van der Waals surface area contributed by atoms with Gasteiger partial charge in [0.1, 0.15) is 0 Å². The van der Waals surface area contributed by atoms with E-state index in [2.05, 4.69) is 61.1 Å². The summed E-state index contributed by atoms with van der Waals surface area (Å²) in [6.45, 7) is 7.04. The standard InChI is InChI=1S/C22H30N8OS/c1-3-23-19-25-20(24-4-2)30-21(26-19)27-28-22(30)32-15-18(31)29-12-10-17(11-13-29)14-16-8-6-5-7-9-16/h5-9,17H,3-4,10-15H2,1-2H3,(H2,23,24,25,26,27). The Kier molecular flexibility index (Phi) is 7.41. The van der Waals surface area contributed by atoms with Gasteiger partial charge in [-0.05, 0) is 44.6 Å². The van der Waals surface area contributed by atoms with Crippen molar-refractivity contribution in [2.75, 3.05) is 42.6 Å². The summed E-state index contributed by atoms with van der Waals surface area (Å²) in [5.41, 5.74) is 1.38. The zero-order valence-corrected chi connectivity index (χ0v) is 19.4. The normalized spacial score (nSPS) is 14.6. The minimum Gasteiger partial charge on any atom is -0.355 e. The van der Waals surface area contributed by atoms with E-state index in [-0.39, 0.29) is 5.91 Å². The molecular formula is C22H30N8OS. The number of aromatic nitrogens is 5. The van der Waals surface area contributed by atoms with Crippen molar-refractivity contribution in [3.05, 3.63) is 35.9 Å². The summed E-state index contributed by atoms with van der Waals surface area (Å²) in [5, 5.41) is 15.4. The minimum absolute atomic E-state index is 0.139. The average molecular weight is 455 g/mol. The second-order valence-electron chi connectivity index (χ2n) is 7.85. The Morgan fingerprint density at radius 2 is 1.81 bits per heavy atom. The molecule has 1 amide bonds. The molecule has 0 radical (unpaired) electrons. The largest absolute Gasteiger partial charge is 0.355 e. The number of hydrogen-bond donors (Lipinski definition) is 2. The van der Waals surface area contributed by atoms with Crippen LogP contribution < -0.4 is 10.6 Å². The fraction of sp³-hybridized carbons (Fsp3) is 0.500. The molecule has 1 aromatic carbocycles. The van der Waals surface area contributed by atoms with Crippen molar-refractivity contribution in [2.45, 2.75) is 38.3 Å². The van der Waals surface area contributed by atoms with E-state index < -0.39 is 0 Å². The number of anilines is 2. The van der Waals surface area contributed by atoms with Crippen LogP contribution in [0.15, 0.2) is 35.5 Å². The monoisotopic (exact) mass is 454 g/mol. The van der Waals surface area contributed by atoms with Crippen molar-refractivity contribution >= 4 is 35.3 Å². The maximum Gasteiger partial charge on any atom is 0.261 e. The molecule has 0 bridgehead atoms. The Bertz CT molecular complexity index is 1030. The molecule has 0 unspecified atom stereocenters. The summed E-state index contributed by atoms with van der Waals surface area (Å²) < 4.78 is 1.77. The number of nitrogens with one attached hydrogen (secondary N) is 2. The second kappa shape index (κ2) is 10.6. The highest BCUT2D eigenvalue weighted by Gasteiger charge is 2.24.